The molecule has 0 bridgehead atoms. The Morgan fingerprint density at radius 1 is 1.12 bits per heavy atom. The fraction of sp³-hybridized carbons (Fsp3) is 0.250. The van der Waals surface area contributed by atoms with E-state index >= 15 is 0 Å². The first-order valence-corrected chi connectivity index (χ1v) is 5.52. The molecule has 1 aromatic carbocycles. The Morgan fingerprint density at radius 2 is 1.75 bits per heavy atom. The van der Waals surface area contributed by atoms with E-state index in [0.717, 1.165) is 11.1 Å². The van der Waals surface area contributed by atoms with Crippen LogP contribution in [0, 0.1) is 13.8 Å². The zero-order chi connectivity index (χ0) is 12.3. The van der Waals surface area contributed by atoms with Gasteiger partial charge in [0, 0.05) is 0 Å². The van der Waals surface area contributed by atoms with Gasteiger partial charge >= 0.3 is 0 Å². The van der Waals surface area contributed by atoms with Crippen LogP contribution in [-0.2, 0) is 0 Å². The second-order valence-electron chi connectivity index (χ2n) is 4.45. The number of allylic oxidation sites excluding steroid dienone is 4. The molecule has 0 fully saturated rings. The Morgan fingerprint density at radius 3 is 2.25 bits per heavy atom. The van der Waals surface area contributed by atoms with Crippen molar-refractivity contribution in [2.24, 2.45) is 0 Å². The van der Waals surface area contributed by atoms with Crippen LogP contribution in [0.15, 0.2) is 48.6 Å². The van der Waals surface area contributed by atoms with Crippen molar-refractivity contribution in [2.45, 2.75) is 27.7 Å². The second kappa shape index (κ2) is 4.98. The molecular formula is C16H20. The van der Waals surface area contributed by atoms with Crippen molar-refractivity contribution >= 4 is 5.57 Å². The minimum atomic E-state index is 1.05. The molecule has 0 saturated heterocycles. The smallest absolute Gasteiger partial charge is 0.0160 e. The highest BCUT2D eigenvalue weighted by Crippen LogP contribution is 2.22. The molecule has 0 aliphatic heterocycles. The van der Waals surface area contributed by atoms with Gasteiger partial charge in [-0.15, -0.1) is 0 Å². The third-order valence-corrected chi connectivity index (χ3v) is 2.79. The van der Waals surface area contributed by atoms with Crippen LogP contribution in [0.1, 0.15) is 30.5 Å². The van der Waals surface area contributed by atoms with Crippen molar-refractivity contribution in [3.05, 3.63) is 65.3 Å². The van der Waals surface area contributed by atoms with E-state index in [0.29, 0.717) is 0 Å². The van der Waals surface area contributed by atoms with E-state index in [1.165, 1.54) is 22.3 Å². The molecule has 0 saturated carbocycles. The quantitative estimate of drug-likeness (QED) is 0.629. The normalized spacial score (nSPS) is 11.4. The molecule has 0 nitrogen and oxygen atoms in total. The summed E-state index contributed by atoms with van der Waals surface area (Å²) in [6.07, 6.45) is 2.10. The molecular weight excluding hydrogens is 192 g/mol. The minimum Gasteiger partial charge on any atom is -0.0958 e. The molecule has 84 valence electrons. The molecule has 0 N–H and O–H groups in total. The highest BCUT2D eigenvalue weighted by molar-refractivity contribution is 5.75. The summed E-state index contributed by atoms with van der Waals surface area (Å²) in [5, 5.41) is 0. The highest BCUT2D eigenvalue weighted by Gasteiger charge is 2.01. The standard InChI is InChI=1S/C16H20/c1-11(2)13(4)10-15(6)16-8-7-12(3)9-14(16)5/h7-10H,1,6H2,2-5H3/b13-10-. The largest absolute Gasteiger partial charge is 0.0958 e. The zero-order valence-electron chi connectivity index (χ0n) is 10.7. The number of aryl methyl sites for hydroxylation is 2. The summed E-state index contributed by atoms with van der Waals surface area (Å²) in [4.78, 5) is 0. The lowest BCUT2D eigenvalue weighted by atomic mass is 9.97. The first-order chi connectivity index (χ1) is 7.41. The summed E-state index contributed by atoms with van der Waals surface area (Å²) >= 11 is 0. The van der Waals surface area contributed by atoms with Crippen molar-refractivity contribution < 1.29 is 0 Å². The monoisotopic (exact) mass is 212 g/mol. The summed E-state index contributed by atoms with van der Waals surface area (Å²) in [7, 11) is 0. The Hall–Kier alpha value is -1.56. The van der Waals surface area contributed by atoms with Gasteiger partial charge in [0.2, 0.25) is 0 Å². The topological polar surface area (TPSA) is 0 Å². The highest BCUT2D eigenvalue weighted by atomic mass is 14.1. The lowest BCUT2D eigenvalue weighted by molar-refractivity contribution is 1.34. The minimum absolute atomic E-state index is 1.05. The fourth-order valence-electron chi connectivity index (χ4n) is 1.64. The van der Waals surface area contributed by atoms with Gasteiger partial charge in [0.05, 0.1) is 0 Å². The second-order valence-corrected chi connectivity index (χ2v) is 4.45. The molecule has 0 heterocycles. The van der Waals surface area contributed by atoms with E-state index in [1.54, 1.807) is 0 Å². The van der Waals surface area contributed by atoms with Crippen LogP contribution in [0.5, 0.6) is 0 Å². The Balaban J connectivity index is 3.07. The number of rotatable bonds is 3. The maximum absolute atomic E-state index is 4.12. The molecule has 0 spiro atoms. The predicted octanol–water partition coefficient (Wildman–Crippen LogP) is 4.84. The van der Waals surface area contributed by atoms with Crippen molar-refractivity contribution in [1.82, 2.24) is 0 Å². The molecule has 0 unspecified atom stereocenters. The molecule has 1 aromatic rings. The van der Waals surface area contributed by atoms with Crippen LogP contribution in [0.2, 0.25) is 0 Å². The Bertz CT molecular complexity index is 459. The summed E-state index contributed by atoms with van der Waals surface area (Å²) in [6, 6.07) is 6.44. The number of hydrogen-bond acceptors (Lipinski definition) is 0. The molecule has 0 amide bonds. The third-order valence-electron chi connectivity index (χ3n) is 2.79. The number of hydrogen-bond donors (Lipinski definition) is 0. The molecule has 0 atom stereocenters. The summed E-state index contributed by atoms with van der Waals surface area (Å²) in [5.41, 5.74) is 7.10. The maximum atomic E-state index is 4.12. The van der Waals surface area contributed by atoms with Crippen molar-refractivity contribution in [3.63, 3.8) is 0 Å². The van der Waals surface area contributed by atoms with Crippen molar-refractivity contribution in [1.29, 1.82) is 0 Å². The van der Waals surface area contributed by atoms with Crippen LogP contribution in [-0.4, -0.2) is 0 Å². The first-order valence-electron chi connectivity index (χ1n) is 5.52. The van der Waals surface area contributed by atoms with E-state index in [9.17, 15) is 0 Å². The Kier molecular flexibility index (Phi) is 3.89. The van der Waals surface area contributed by atoms with Crippen LogP contribution < -0.4 is 0 Å². The van der Waals surface area contributed by atoms with Gasteiger partial charge in [-0.1, -0.05) is 48.6 Å². The van der Waals surface area contributed by atoms with Gasteiger partial charge in [0.25, 0.3) is 0 Å². The van der Waals surface area contributed by atoms with Gasteiger partial charge < -0.3 is 0 Å². The van der Waals surface area contributed by atoms with Gasteiger partial charge in [-0.05, 0) is 50.0 Å². The van der Waals surface area contributed by atoms with Gasteiger partial charge in [-0.3, -0.25) is 0 Å². The molecule has 0 radical (unpaired) electrons. The first kappa shape index (κ1) is 12.5. The molecule has 16 heavy (non-hydrogen) atoms. The van der Waals surface area contributed by atoms with Gasteiger partial charge in [-0.2, -0.15) is 0 Å². The van der Waals surface area contributed by atoms with E-state index < -0.39 is 0 Å². The summed E-state index contributed by atoms with van der Waals surface area (Å²) < 4.78 is 0. The lowest BCUT2D eigenvalue weighted by Gasteiger charge is -2.08. The van der Waals surface area contributed by atoms with Gasteiger partial charge in [0.1, 0.15) is 0 Å². The van der Waals surface area contributed by atoms with E-state index in [1.807, 2.05) is 6.92 Å². The molecule has 0 heteroatoms. The fourth-order valence-corrected chi connectivity index (χ4v) is 1.64. The lowest BCUT2D eigenvalue weighted by Crippen LogP contribution is -1.88. The van der Waals surface area contributed by atoms with Crippen molar-refractivity contribution in [3.8, 4) is 0 Å². The SMILES string of the molecule is C=C(C)/C(C)=C\C(=C)c1ccc(C)cc1C. The van der Waals surface area contributed by atoms with Crippen LogP contribution in [0.25, 0.3) is 5.57 Å². The van der Waals surface area contributed by atoms with E-state index in [4.69, 9.17) is 0 Å². The average molecular weight is 212 g/mol. The molecule has 1 rings (SSSR count). The zero-order valence-corrected chi connectivity index (χ0v) is 10.7. The van der Waals surface area contributed by atoms with Crippen LogP contribution >= 0.6 is 0 Å². The van der Waals surface area contributed by atoms with E-state index in [2.05, 4.69) is 58.2 Å². The van der Waals surface area contributed by atoms with Crippen molar-refractivity contribution in [2.75, 3.05) is 0 Å². The average Bonchev–Trinajstić information content (AvgIpc) is 2.16. The van der Waals surface area contributed by atoms with Gasteiger partial charge in [0.15, 0.2) is 0 Å². The Labute approximate surface area is 99.0 Å². The summed E-state index contributed by atoms with van der Waals surface area (Å²) in [5.74, 6) is 0. The third kappa shape index (κ3) is 2.96. The van der Waals surface area contributed by atoms with Crippen LogP contribution in [0.4, 0.5) is 0 Å². The molecule has 0 aliphatic carbocycles. The van der Waals surface area contributed by atoms with Gasteiger partial charge in [-0.25, -0.2) is 0 Å². The van der Waals surface area contributed by atoms with E-state index in [-0.39, 0.29) is 0 Å². The number of benzene rings is 1. The molecule has 0 aromatic heterocycles. The predicted molar refractivity (Wildman–Crippen MR) is 73.5 cm³/mol. The summed E-state index contributed by atoms with van der Waals surface area (Å²) in [6.45, 7) is 16.4. The van der Waals surface area contributed by atoms with Crippen LogP contribution in [0.3, 0.4) is 0 Å². The molecule has 0 aliphatic rings. The maximum Gasteiger partial charge on any atom is -0.0160 e.